The zero-order chi connectivity index (χ0) is 48.8. The second-order valence-corrected chi connectivity index (χ2v) is 19.9. The van der Waals surface area contributed by atoms with Gasteiger partial charge in [0.15, 0.2) is 9.84 Å². The topological polar surface area (TPSA) is 186 Å². The van der Waals surface area contributed by atoms with Gasteiger partial charge in [0.25, 0.3) is 11.8 Å². The van der Waals surface area contributed by atoms with Crippen LogP contribution in [0.5, 0.6) is 23.0 Å². The van der Waals surface area contributed by atoms with Crippen LogP contribution in [0.3, 0.4) is 0 Å². The molecule has 0 radical (unpaired) electrons. The fraction of sp³-hybridized carbons (Fsp3) is 0.365. The number of imide groups is 2. The van der Waals surface area contributed by atoms with Gasteiger partial charge in [-0.3, -0.25) is 39.1 Å². The highest BCUT2D eigenvalue weighted by Crippen LogP contribution is 2.41. The number of amides is 5. The summed E-state index contributed by atoms with van der Waals surface area (Å²) in [6, 6.07) is 27.1. The summed E-state index contributed by atoms with van der Waals surface area (Å²) in [5.41, 5.74) is 2.82. The highest BCUT2D eigenvalue weighted by atomic mass is 32.2. The second-order valence-electron chi connectivity index (χ2n) is 17.8. The normalized spacial score (nSPS) is 16.4. The molecule has 5 aromatic rings. The number of piperazine rings is 1. The first-order valence-corrected chi connectivity index (χ1v) is 25.3. The zero-order valence-corrected chi connectivity index (χ0v) is 40.0. The average Bonchev–Trinajstić information content (AvgIpc) is 3.58. The SMILES string of the molecule is CCN(CCCCCN(C)CC(=O)N1CCN(c2ccc3c(c2)C(=O)N(C2CCC(=O)NC2=O)C3=O)CC1)CCOc1ccc(Oc2c(-c3ccc(S(C)(=O)=O)cc3)ccc3cc(O)ccc23)cc1. The van der Waals surface area contributed by atoms with Crippen molar-refractivity contribution in [3.8, 4) is 34.1 Å². The predicted octanol–water partition coefficient (Wildman–Crippen LogP) is 5.96. The Balaban J connectivity index is 0.735. The van der Waals surface area contributed by atoms with Crippen molar-refractivity contribution in [2.24, 2.45) is 0 Å². The van der Waals surface area contributed by atoms with Crippen LogP contribution in [0.4, 0.5) is 5.69 Å². The maximum atomic E-state index is 13.3. The van der Waals surface area contributed by atoms with Gasteiger partial charge >= 0.3 is 0 Å². The number of carbonyl (C=O) groups excluding carboxylic acids is 5. The number of anilines is 1. The summed E-state index contributed by atoms with van der Waals surface area (Å²) in [5, 5.41) is 13.9. The van der Waals surface area contributed by atoms with E-state index >= 15 is 0 Å². The van der Waals surface area contributed by atoms with Crippen molar-refractivity contribution in [1.29, 1.82) is 0 Å². The monoisotopic (exact) mass is 958 g/mol. The standard InChI is InChI=1S/C52H58N6O10S/c1-4-55(30-31-67-39-13-15-40(16-14-39)68-49-42(19-10-36-32-38(59)12-21-43(36)49)35-8-17-41(18-9-35)69(3,65)66)25-7-5-6-24-54(2)34-48(61)57-28-26-56(27-29-57)37-11-20-44-45(33-37)52(64)58(51(44)63)46-22-23-47(60)53-50(46)62/h8-21,32-33,46,59H,4-7,22-31,34H2,1-3H3,(H,53,60,62). The molecule has 0 spiro atoms. The molecule has 2 N–H and O–H groups in total. The summed E-state index contributed by atoms with van der Waals surface area (Å²) < 4.78 is 36.8. The van der Waals surface area contributed by atoms with Crippen LogP contribution >= 0.6 is 0 Å². The molecule has 8 rings (SSSR count). The molecule has 16 nitrogen and oxygen atoms in total. The van der Waals surface area contributed by atoms with Crippen molar-refractivity contribution in [3.63, 3.8) is 0 Å². The fourth-order valence-corrected chi connectivity index (χ4v) is 9.75. The molecule has 0 aromatic heterocycles. The lowest BCUT2D eigenvalue weighted by Crippen LogP contribution is -2.54. The molecule has 0 aliphatic carbocycles. The highest BCUT2D eigenvalue weighted by Gasteiger charge is 2.45. The average molecular weight is 959 g/mol. The minimum Gasteiger partial charge on any atom is -0.508 e. The molecule has 2 fully saturated rings. The lowest BCUT2D eigenvalue weighted by atomic mass is 9.99. The van der Waals surface area contributed by atoms with E-state index < -0.39 is 39.5 Å². The van der Waals surface area contributed by atoms with Gasteiger partial charge in [0.2, 0.25) is 17.7 Å². The molecule has 17 heteroatoms. The molecule has 0 saturated carbocycles. The minimum absolute atomic E-state index is 0.0630. The van der Waals surface area contributed by atoms with Gasteiger partial charge in [0.05, 0.1) is 22.6 Å². The van der Waals surface area contributed by atoms with Crippen molar-refractivity contribution in [3.05, 3.63) is 108 Å². The summed E-state index contributed by atoms with van der Waals surface area (Å²) >= 11 is 0. The molecule has 69 heavy (non-hydrogen) atoms. The number of sulfone groups is 1. The lowest BCUT2D eigenvalue weighted by Gasteiger charge is -2.37. The Labute approximate surface area is 402 Å². The van der Waals surface area contributed by atoms with Crippen molar-refractivity contribution in [2.45, 2.75) is 50.0 Å². The van der Waals surface area contributed by atoms with Crippen LogP contribution in [0, 0.1) is 0 Å². The number of hydrogen-bond donors (Lipinski definition) is 2. The molecular weight excluding hydrogens is 901 g/mol. The Bertz CT molecular complexity index is 2850. The molecule has 3 aliphatic rings. The number of unbranched alkanes of at least 4 members (excludes halogenated alkanes) is 2. The first-order chi connectivity index (χ1) is 33.2. The lowest BCUT2D eigenvalue weighted by molar-refractivity contribution is -0.136. The molecule has 5 aromatic carbocycles. The predicted molar refractivity (Wildman–Crippen MR) is 262 cm³/mol. The Morgan fingerprint density at radius 1 is 0.783 bits per heavy atom. The summed E-state index contributed by atoms with van der Waals surface area (Å²) in [5.74, 6) is -0.0197. The molecule has 5 amide bonds. The van der Waals surface area contributed by atoms with Gasteiger partial charge in [0, 0.05) is 62.0 Å². The third kappa shape index (κ3) is 11.4. The summed E-state index contributed by atoms with van der Waals surface area (Å²) in [6.07, 6.45) is 4.37. The quantitative estimate of drug-likeness (QED) is 0.0731. The van der Waals surface area contributed by atoms with Crippen LogP contribution in [0.1, 0.15) is 59.7 Å². The molecule has 3 aliphatic heterocycles. The van der Waals surface area contributed by atoms with Crippen LogP contribution in [0.15, 0.2) is 102 Å². The van der Waals surface area contributed by atoms with Crippen LogP contribution in [0.25, 0.3) is 21.9 Å². The number of nitrogens with zero attached hydrogens (tertiary/aromatic N) is 5. The van der Waals surface area contributed by atoms with Gasteiger partial charge < -0.3 is 29.3 Å². The van der Waals surface area contributed by atoms with Crippen LogP contribution in [0.2, 0.25) is 0 Å². The van der Waals surface area contributed by atoms with E-state index in [9.17, 15) is 37.5 Å². The summed E-state index contributed by atoms with van der Waals surface area (Å²) in [7, 11) is -1.38. The van der Waals surface area contributed by atoms with Gasteiger partial charge in [-0.2, -0.15) is 0 Å². The molecule has 2 saturated heterocycles. The van der Waals surface area contributed by atoms with Crippen molar-refractivity contribution in [1.82, 2.24) is 24.9 Å². The third-order valence-corrected chi connectivity index (χ3v) is 14.2. The van der Waals surface area contributed by atoms with Crippen molar-refractivity contribution < 1.29 is 47.0 Å². The summed E-state index contributed by atoms with van der Waals surface area (Å²) in [4.78, 5) is 73.3. The maximum absolute atomic E-state index is 13.3. The number of likely N-dealkylation sites (N-methyl/N-ethyl adjacent to an activating group) is 2. The molecule has 3 heterocycles. The Morgan fingerprint density at radius 3 is 2.19 bits per heavy atom. The molecule has 362 valence electrons. The number of aromatic hydroxyl groups is 1. The number of carbonyl (C=O) groups is 5. The van der Waals surface area contributed by atoms with E-state index in [1.165, 1.54) is 6.26 Å². The number of fused-ring (bicyclic) bond motifs is 2. The number of hydrogen-bond acceptors (Lipinski definition) is 13. The number of rotatable bonds is 19. The van der Waals surface area contributed by atoms with Crippen LogP contribution < -0.4 is 19.7 Å². The third-order valence-electron chi connectivity index (χ3n) is 13.1. The smallest absolute Gasteiger partial charge is 0.262 e. The van der Waals surface area contributed by atoms with E-state index in [-0.39, 0.29) is 40.5 Å². The number of piperidine rings is 1. The van der Waals surface area contributed by atoms with Crippen LogP contribution in [-0.4, -0.2) is 148 Å². The van der Waals surface area contributed by atoms with E-state index in [0.29, 0.717) is 50.8 Å². The largest absolute Gasteiger partial charge is 0.508 e. The van der Waals surface area contributed by atoms with E-state index in [1.807, 2.05) is 48.3 Å². The maximum Gasteiger partial charge on any atom is 0.262 e. The van der Waals surface area contributed by atoms with Crippen molar-refractivity contribution in [2.75, 3.05) is 83.7 Å². The number of phenolic OH excluding ortho intramolecular Hbond substituents is 1. The Kier molecular flexibility index (Phi) is 15.0. The number of benzene rings is 5. The van der Waals surface area contributed by atoms with Gasteiger partial charge in [-0.05, 0) is 136 Å². The number of ether oxygens (including phenoxy) is 2. The molecule has 1 unspecified atom stereocenters. The Hall–Kier alpha value is -6.82. The van der Waals surface area contributed by atoms with Gasteiger partial charge in [-0.1, -0.05) is 31.5 Å². The number of nitrogens with one attached hydrogen (secondary N) is 1. The first-order valence-electron chi connectivity index (χ1n) is 23.4. The second kappa shape index (κ2) is 21.2. The molecular formula is C52H58N6O10S. The molecule has 0 bridgehead atoms. The fourth-order valence-electron chi connectivity index (χ4n) is 9.12. The van der Waals surface area contributed by atoms with E-state index in [2.05, 4.69) is 26.9 Å². The Morgan fingerprint density at radius 2 is 1.48 bits per heavy atom. The van der Waals surface area contributed by atoms with E-state index in [4.69, 9.17) is 9.47 Å². The first kappa shape index (κ1) is 48.6. The zero-order valence-electron chi connectivity index (χ0n) is 39.2. The highest BCUT2D eigenvalue weighted by molar-refractivity contribution is 7.90. The minimum atomic E-state index is -3.35. The van der Waals surface area contributed by atoms with Gasteiger partial charge in [-0.25, -0.2) is 8.42 Å². The van der Waals surface area contributed by atoms with Gasteiger partial charge in [0.1, 0.15) is 35.6 Å². The van der Waals surface area contributed by atoms with Gasteiger partial charge in [-0.15, -0.1) is 0 Å². The number of phenols is 1. The van der Waals surface area contributed by atoms with Crippen molar-refractivity contribution >= 4 is 55.8 Å². The summed E-state index contributed by atoms with van der Waals surface area (Å²) in [6.45, 7) is 8.62. The van der Waals surface area contributed by atoms with Crippen LogP contribution in [-0.2, 0) is 24.2 Å². The molecule has 1 atom stereocenters. The van der Waals surface area contributed by atoms with E-state index in [1.54, 1.807) is 60.7 Å². The van der Waals surface area contributed by atoms with E-state index in [0.717, 1.165) is 83.7 Å².